The highest BCUT2D eigenvalue weighted by atomic mass is 16.5. The molecule has 0 spiro atoms. The van der Waals surface area contributed by atoms with Gasteiger partial charge in [-0.05, 0) is 37.3 Å². The second-order valence-corrected chi connectivity index (χ2v) is 5.68. The van der Waals surface area contributed by atoms with Crippen LogP contribution in [0.15, 0.2) is 12.1 Å². The minimum absolute atomic E-state index is 0.456. The molecule has 1 aliphatic carbocycles. The summed E-state index contributed by atoms with van der Waals surface area (Å²) in [5.41, 5.74) is 3.30. The van der Waals surface area contributed by atoms with E-state index in [2.05, 4.69) is 24.1 Å². The van der Waals surface area contributed by atoms with Crippen LogP contribution in [0.1, 0.15) is 30.4 Å². The van der Waals surface area contributed by atoms with Crippen LogP contribution >= 0.6 is 0 Å². The summed E-state index contributed by atoms with van der Waals surface area (Å²) in [5, 5.41) is 10.1. The largest absolute Gasteiger partial charge is 0.496 e. The van der Waals surface area contributed by atoms with E-state index < -0.39 is 5.60 Å². The van der Waals surface area contributed by atoms with Crippen LogP contribution in [0.25, 0.3) is 0 Å². The molecule has 1 aliphatic heterocycles. The van der Waals surface area contributed by atoms with E-state index in [0.717, 1.165) is 43.5 Å². The van der Waals surface area contributed by atoms with Crippen molar-refractivity contribution in [3.05, 3.63) is 23.3 Å². The van der Waals surface area contributed by atoms with Gasteiger partial charge in [0.15, 0.2) is 0 Å². The van der Waals surface area contributed by atoms with Crippen molar-refractivity contribution < 1.29 is 9.84 Å². The van der Waals surface area contributed by atoms with Gasteiger partial charge in [-0.25, -0.2) is 0 Å². The van der Waals surface area contributed by atoms with Crippen LogP contribution < -0.4 is 9.64 Å². The molecule has 98 valence electrons. The summed E-state index contributed by atoms with van der Waals surface area (Å²) in [6.07, 6.45) is 4.83. The highest BCUT2D eigenvalue weighted by Crippen LogP contribution is 2.43. The van der Waals surface area contributed by atoms with E-state index in [9.17, 15) is 5.11 Å². The Morgan fingerprint density at radius 2 is 2.17 bits per heavy atom. The summed E-state index contributed by atoms with van der Waals surface area (Å²) < 4.78 is 5.63. The Hall–Kier alpha value is -1.22. The third-order valence-electron chi connectivity index (χ3n) is 4.20. The monoisotopic (exact) mass is 247 g/mol. The lowest BCUT2D eigenvalue weighted by Gasteiger charge is -2.30. The molecule has 0 amide bonds. The lowest BCUT2D eigenvalue weighted by molar-refractivity contribution is 0.150. The van der Waals surface area contributed by atoms with Crippen LogP contribution in [-0.4, -0.2) is 31.4 Å². The number of nitrogens with zero attached hydrogens (tertiary/aromatic N) is 1. The van der Waals surface area contributed by atoms with Gasteiger partial charge >= 0.3 is 0 Å². The van der Waals surface area contributed by atoms with E-state index >= 15 is 0 Å². The van der Waals surface area contributed by atoms with Crippen molar-refractivity contribution in [1.29, 1.82) is 0 Å². The fourth-order valence-electron chi connectivity index (χ4n) is 2.95. The van der Waals surface area contributed by atoms with E-state index in [0.29, 0.717) is 0 Å². The van der Waals surface area contributed by atoms with Crippen molar-refractivity contribution in [2.75, 3.05) is 25.6 Å². The minimum Gasteiger partial charge on any atom is -0.496 e. The minimum atomic E-state index is -0.456. The second kappa shape index (κ2) is 4.16. The van der Waals surface area contributed by atoms with E-state index in [1.54, 1.807) is 7.11 Å². The highest BCUT2D eigenvalue weighted by Gasteiger charge is 2.41. The van der Waals surface area contributed by atoms with E-state index in [-0.39, 0.29) is 0 Å². The molecule has 1 fully saturated rings. The van der Waals surface area contributed by atoms with Gasteiger partial charge < -0.3 is 14.7 Å². The molecular formula is C15H21NO2. The Balaban J connectivity index is 2.00. The standard InChI is InChI=1S/C15H21NO2/c1-16-9-3-4-12-13(16)6-5-11(14(12)18-2)10-15(17)7-8-15/h5-6,17H,3-4,7-10H2,1-2H3. The van der Waals surface area contributed by atoms with Crippen molar-refractivity contribution in [2.45, 2.75) is 37.7 Å². The average Bonchev–Trinajstić information content (AvgIpc) is 3.07. The summed E-state index contributed by atoms with van der Waals surface area (Å²) in [6.45, 7) is 1.11. The lowest BCUT2D eigenvalue weighted by Crippen LogP contribution is -2.25. The number of methoxy groups -OCH3 is 1. The Bertz CT molecular complexity index is 466. The van der Waals surface area contributed by atoms with E-state index in [1.165, 1.54) is 17.7 Å². The molecular weight excluding hydrogens is 226 g/mol. The first-order valence-electron chi connectivity index (χ1n) is 6.75. The molecule has 1 saturated carbocycles. The van der Waals surface area contributed by atoms with Crippen molar-refractivity contribution in [1.82, 2.24) is 0 Å². The van der Waals surface area contributed by atoms with Crippen LogP contribution in [0.2, 0.25) is 0 Å². The molecule has 0 atom stereocenters. The van der Waals surface area contributed by atoms with Crippen LogP contribution in [0, 0.1) is 0 Å². The molecule has 1 N–H and O–H groups in total. The van der Waals surface area contributed by atoms with Gasteiger partial charge in [-0.15, -0.1) is 0 Å². The van der Waals surface area contributed by atoms with Crippen LogP contribution in [0.5, 0.6) is 5.75 Å². The topological polar surface area (TPSA) is 32.7 Å². The zero-order valence-corrected chi connectivity index (χ0v) is 11.2. The normalized spacial score (nSPS) is 20.5. The number of rotatable bonds is 3. The number of aliphatic hydroxyl groups is 1. The number of anilines is 1. The predicted octanol–water partition coefficient (Wildman–Crippen LogP) is 2.15. The third-order valence-corrected chi connectivity index (χ3v) is 4.20. The number of hydrogen-bond donors (Lipinski definition) is 1. The summed E-state index contributed by atoms with van der Waals surface area (Å²) in [7, 11) is 3.87. The van der Waals surface area contributed by atoms with Gasteiger partial charge in [-0.1, -0.05) is 6.07 Å². The van der Waals surface area contributed by atoms with Gasteiger partial charge in [0, 0.05) is 31.3 Å². The fraction of sp³-hybridized carbons (Fsp3) is 0.600. The molecule has 3 rings (SSSR count). The summed E-state index contributed by atoms with van der Waals surface area (Å²) in [6, 6.07) is 4.30. The molecule has 1 aromatic rings. The van der Waals surface area contributed by atoms with Crippen molar-refractivity contribution >= 4 is 5.69 Å². The van der Waals surface area contributed by atoms with Gasteiger partial charge in [0.2, 0.25) is 0 Å². The lowest BCUT2D eigenvalue weighted by atomic mass is 9.95. The zero-order chi connectivity index (χ0) is 12.8. The molecule has 0 radical (unpaired) electrons. The first-order chi connectivity index (χ1) is 8.63. The van der Waals surface area contributed by atoms with Crippen LogP contribution in [0.4, 0.5) is 5.69 Å². The molecule has 2 aliphatic rings. The summed E-state index contributed by atoms with van der Waals surface area (Å²) >= 11 is 0. The van der Waals surface area contributed by atoms with Gasteiger partial charge in [-0.3, -0.25) is 0 Å². The Kier molecular flexibility index (Phi) is 2.74. The quantitative estimate of drug-likeness (QED) is 0.888. The molecule has 0 saturated heterocycles. The molecule has 0 aromatic heterocycles. The van der Waals surface area contributed by atoms with Crippen molar-refractivity contribution in [3.63, 3.8) is 0 Å². The molecule has 18 heavy (non-hydrogen) atoms. The number of hydrogen-bond acceptors (Lipinski definition) is 3. The van der Waals surface area contributed by atoms with Crippen molar-refractivity contribution in [3.8, 4) is 5.75 Å². The molecule has 1 aromatic carbocycles. The first-order valence-corrected chi connectivity index (χ1v) is 6.75. The Labute approximate surface area is 108 Å². The SMILES string of the molecule is COc1c(CC2(O)CC2)ccc2c1CCCN2C. The van der Waals surface area contributed by atoms with E-state index in [1.807, 2.05) is 0 Å². The maximum absolute atomic E-state index is 10.1. The number of ether oxygens (including phenoxy) is 1. The van der Waals surface area contributed by atoms with Gasteiger partial charge in [-0.2, -0.15) is 0 Å². The maximum atomic E-state index is 10.1. The van der Waals surface area contributed by atoms with Crippen molar-refractivity contribution in [2.24, 2.45) is 0 Å². The predicted molar refractivity (Wildman–Crippen MR) is 72.5 cm³/mol. The van der Waals surface area contributed by atoms with Gasteiger partial charge in [0.25, 0.3) is 0 Å². The van der Waals surface area contributed by atoms with Gasteiger partial charge in [0.05, 0.1) is 12.7 Å². The number of fused-ring (bicyclic) bond motifs is 1. The number of benzene rings is 1. The summed E-state index contributed by atoms with van der Waals surface area (Å²) in [5.74, 6) is 0.999. The molecule has 1 heterocycles. The summed E-state index contributed by atoms with van der Waals surface area (Å²) in [4.78, 5) is 2.29. The molecule has 3 heteroatoms. The average molecular weight is 247 g/mol. The zero-order valence-electron chi connectivity index (χ0n) is 11.2. The highest BCUT2D eigenvalue weighted by molar-refractivity contribution is 5.63. The smallest absolute Gasteiger partial charge is 0.127 e. The first kappa shape index (κ1) is 11.8. The molecule has 3 nitrogen and oxygen atoms in total. The maximum Gasteiger partial charge on any atom is 0.127 e. The molecule has 0 unspecified atom stereocenters. The van der Waals surface area contributed by atoms with E-state index in [4.69, 9.17) is 4.74 Å². The second-order valence-electron chi connectivity index (χ2n) is 5.68. The third kappa shape index (κ3) is 1.97. The Morgan fingerprint density at radius 1 is 1.39 bits per heavy atom. The molecule has 0 bridgehead atoms. The Morgan fingerprint density at radius 3 is 2.83 bits per heavy atom. The van der Waals surface area contributed by atoms with Crippen LogP contribution in [0.3, 0.4) is 0 Å². The van der Waals surface area contributed by atoms with Gasteiger partial charge in [0.1, 0.15) is 5.75 Å². The fourth-order valence-corrected chi connectivity index (χ4v) is 2.95. The van der Waals surface area contributed by atoms with Crippen LogP contribution in [-0.2, 0) is 12.8 Å².